The molecule has 1 N–H and O–H groups in total. The third-order valence-electron chi connectivity index (χ3n) is 4.34. The van der Waals surface area contributed by atoms with Crippen molar-refractivity contribution in [3.05, 3.63) is 50.2 Å². The molecule has 2 aliphatic rings. The van der Waals surface area contributed by atoms with Gasteiger partial charge >= 0.3 is 5.97 Å². The molecule has 1 atom stereocenters. The Bertz CT molecular complexity index is 807. The van der Waals surface area contributed by atoms with Gasteiger partial charge in [0.05, 0.1) is 23.6 Å². The van der Waals surface area contributed by atoms with Crippen LogP contribution in [0.1, 0.15) is 31.4 Å². The van der Waals surface area contributed by atoms with E-state index in [1.807, 2.05) is 11.8 Å². The van der Waals surface area contributed by atoms with E-state index in [1.54, 1.807) is 6.07 Å². The van der Waals surface area contributed by atoms with E-state index in [0.29, 0.717) is 21.9 Å². The Labute approximate surface area is 154 Å². The highest BCUT2D eigenvalue weighted by Gasteiger charge is 2.41. The van der Waals surface area contributed by atoms with E-state index < -0.39 is 16.9 Å². The van der Waals surface area contributed by atoms with Crippen molar-refractivity contribution in [2.75, 3.05) is 7.11 Å². The highest BCUT2D eigenvalue weighted by molar-refractivity contribution is 7.80. The summed E-state index contributed by atoms with van der Waals surface area (Å²) in [6.07, 6.45) is 2.01. The first kappa shape index (κ1) is 17.6. The number of nitro benzene ring substituents is 1. The van der Waals surface area contributed by atoms with Gasteiger partial charge in [-0.2, -0.15) is 0 Å². The zero-order valence-corrected chi connectivity index (χ0v) is 15.2. The lowest BCUT2D eigenvalue weighted by atomic mass is 9.94. The topological polar surface area (TPSA) is 84.7 Å². The molecule has 0 spiro atoms. The smallest absolute Gasteiger partial charge is 0.337 e. The summed E-state index contributed by atoms with van der Waals surface area (Å²) in [5, 5.41) is 14.8. The highest BCUT2D eigenvalue weighted by atomic mass is 35.5. The largest absolute Gasteiger partial charge is 0.466 e. The average Bonchev–Trinajstić information content (AvgIpc) is 3.38. The molecule has 7 nitrogen and oxygen atoms in total. The van der Waals surface area contributed by atoms with Crippen LogP contribution in [0, 0.1) is 10.1 Å². The number of halogens is 1. The third kappa shape index (κ3) is 3.19. The van der Waals surface area contributed by atoms with Gasteiger partial charge in [0.15, 0.2) is 5.11 Å². The fourth-order valence-corrected chi connectivity index (χ4v) is 3.59. The maximum atomic E-state index is 12.4. The number of carbonyl (C=O) groups excluding carboxylic acids is 1. The van der Waals surface area contributed by atoms with E-state index in [9.17, 15) is 14.9 Å². The fourth-order valence-electron chi connectivity index (χ4n) is 3.00. The van der Waals surface area contributed by atoms with Crippen LogP contribution in [0.2, 0.25) is 5.02 Å². The Morgan fingerprint density at radius 2 is 2.16 bits per heavy atom. The second-order valence-corrected chi connectivity index (χ2v) is 6.74. The van der Waals surface area contributed by atoms with Gasteiger partial charge in [0.2, 0.25) is 0 Å². The van der Waals surface area contributed by atoms with Gasteiger partial charge in [-0.1, -0.05) is 17.7 Å². The molecule has 1 aromatic rings. The number of nitrogens with zero attached hydrogens (tertiary/aromatic N) is 2. The van der Waals surface area contributed by atoms with Crippen molar-refractivity contribution in [2.24, 2.45) is 0 Å². The zero-order chi connectivity index (χ0) is 18.3. The van der Waals surface area contributed by atoms with Crippen LogP contribution >= 0.6 is 23.8 Å². The maximum absolute atomic E-state index is 12.4. The summed E-state index contributed by atoms with van der Waals surface area (Å²) in [7, 11) is 1.30. The van der Waals surface area contributed by atoms with Gasteiger partial charge < -0.3 is 15.0 Å². The zero-order valence-electron chi connectivity index (χ0n) is 13.6. The van der Waals surface area contributed by atoms with Gasteiger partial charge in [-0.15, -0.1) is 0 Å². The number of thiocarbonyl (C=S) groups is 1. The number of carbonyl (C=O) groups is 1. The average molecular weight is 382 g/mol. The molecule has 0 aromatic heterocycles. The lowest BCUT2D eigenvalue weighted by Gasteiger charge is -2.37. The first-order valence-corrected chi connectivity index (χ1v) is 8.46. The minimum absolute atomic E-state index is 0.0343. The van der Waals surface area contributed by atoms with Crippen molar-refractivity contribution < 1.29 is 14.5 Å². The molecule has 0 amide bonds. The summed E-state index contributed by atoms with van der Waals surface area (Å²) in [6.45, 7) is 1.81. The number of nitro groups is 1. The Kier molecular flexibility index (Phi) is 4.66. The summed E-state index contributed by atoms with van der Waals surface area (Å²) in [5.41, 5.74) is 1.40. The van der Waals surface area contributed by atoms with Crippen LogP contribution in [-0.4, -0.2) is 34.1 Å². The molecule has 1 fully saturated rings. The van der Waals surface area contributed by atoms with Gasteiger partial charge in [-0.05, 0) is 43.6 Å². The summed E-state index contributed by atoms with van der Waals surface area (Å²) < 4.78 is 4.93. The number of hydrogen-bond donors (Lipinski definition) is 1. The predicted molar refractivity (Wildman–Crippen MR) is 96.2 cm³/mol. The SMILES string of the molecule is COC(=O)C1=C(C)N(C2CC2)C(=S)N[C@@H]1c1ccc(Cl)c([N+](=O)[O-])c1. The number of nitrogens with one attached hydrogen (secondary N) is 1. The Morgan fingerprint density at radius 1 is 1.48 bits per heavy atom. The van der Waals surface area contributed by atoms with Crippen molar-refractivity contribution in [3.63, 3.8) is 0 Å². The van der Waals surface area contributed by atoms with Crippen LogP contribution in [0.15, 0.2) is 29.5 Å². The molecule has 0 bridgehead atoms. The molecule has 3 rings (SSSR count). The first-order chi connectivity index (χ1) is 11.8. The molecule has 0 radical (unpaired) electrons. The lowest BCUT2D eigenvalue weighted by molar-refractivity contribution is -0.384. The van der Waals surface area contributed by atoms with Gasteiger partial charge in [0.25, 0.3) is 5.69 Å². The minimum atomic E-state index is -0.633. The standard InChI is InChI=1S/C16H16ClN3O4S/c1-8-13(15(21)24-2)14(18-16(25)19(8)10-4-5-10)9-3-6-11(17)12(7-9)20(22)23/h3,6-7,10,14H,4-5H2,1-2H3,(H,18,25)/t14-/m1/s1. The van der Waals surface area contributed by atoms with Crippen LogP contribution < -0.4 is 5.32 Å². The van der Waals surface area contributed by atoms with Crippen molar-refractivity contribution >= 4 is 40.6 Å². The number of methoxy groups -OCH3 is 1. The van der Waals surface area contributed by atoms with E-state index in [4.69, 9.17) is 28.6 Å². The van der Waals surface area contributed by atoms with Crippen LogP contribution in [-0.2, 0) is 9.53 Å². The number of benzene rings is 1. The van der Waals surface area contributed by atoms with E-state index in [1.165, 1.54) is 19.2 Å². The molecule has 1 aliphatic carbocycles. The first-order valence-electron chi connectivity index (χ1n) is 7.67. The molecule has 0 saturated heterocycles. The van der Waals surface area contributed by atoms with Crippen LogP contribution in [0.25, 0.3) is 0 Å². The highest BCUT2D eigenvalue weighted by Crippen LogP contribution is 2.39. The molecule has 25 heavy (non-hydrogen) atoms. The molecule has 1 aromatic carbocycles. The van der Waals surface area contributed by atoms with Gasteiger partial charge in [0, 0.05) is 17.8 Å². The Hall–Kier alpha value is -2.19. The van der Waals surface area contributed by atoms with Gasteiger partial charge in [-0.25, -0.2) is 4.79 Å². The van der Waals surface area contributed by atoms with Crippen LogP contribution in [0.4, 0.5) is 5.69 Å². The van der Waals surface area contributed by atoms with Crippen LogP contribution in [0.5, 0.6) is 0 Å². The monoisotopic (exact) mass is 381 g/mol. The summed E-state index contributed by atoms with van der Waals surface area (Å²) in [6, 6.07) is 4.08. The normalized spacial score (nSPS) is 20.4. The van der Waals surface area contributed by atoms with Crippen molar-refractivity contribution in [1.29, 1.82) is 0 Å². The van der Waals surface area contributed by atoms with Crippen molar-refractivity contribution in [3.8, 4) is 0 Å². The fraction of sp³-hybridized carbons (Fsp3) is 0.375. The molecule has 9 heteroatoms. The molecule has 1 heterocycles. The summed E-state index contributed by atoms with van der Waals surface area (Å²) >= 11 is 11.3. The molecule has 1 saturated carbocycles. The molecule has 1 aliphatic heterocycles. The third-order valence-corrected chi connectivity index (χ3v) is 4.98. The summed E-state index contributed by atoms with van der Waals surface area (Å²) in [4.78, 5) is 24.9. The molecule has 0 unspecified atom stereocenters. The quantitative estimate of drug-likeness (QED) is 0.371. The summed E-state index contributed by atoms with van der Waals surface area (Å²) in [5.74, 6) is -0.499. The van der Waals surface area contributed by atoms with Crippen LogP contribution in [0.3, 0.4) is 0 Å². The lowest BCUT2D eigenvalue weighted by Crippen LogP contribution is -2.48. The van der Waals surface area contributed by atoms with E-state index in [-0.39, 0.29) is 16.8 Å². The number of esters is 1. The van der Waals surface area contributed by atoms with E-state index >= 15 is 0 Å². The Morgan fingerprint density at radius 3 is 2.72 bits per heavy atom. The minimum Gasteiger partial charge on any atom is -0.466 e. The Balaban J connectivity index is 2.11. The maximum Gasteiger partial charge on any atom is 0.337 e. The second kappa shape index (κ2) is 6.61. The number of allylic oxidation sites excluding steroid dienone is 1. The molecular formula is C16H16ClN3O4S. The number of ether oxygens (including phenoxy) is 1. The second-order valence-electron chi connectivity index (χ2n) is 5.94. The molecule has 132 valence electrons. The molecular weight excluding hydrogens is 366 g/mol. The van der Waals surface area contributed by atoms with E-state index in [2.05, 4.69) is 5.32 Å². The van der Waals surface area contributed by atoms with Crippen molar-refractivity contribution in [2.45, 2.75) is 31.8 Å². The van der Waals surface area contributed by atoms with Gasteiger partial charge in [0.1, 0.15) is 5.02 Å². The number of hydrogen-bond acceptors (Lipinski definition) is 5. The number of rotatable bonds is 4. The van der Waals surface area contributed by atoms with Gasteiger partial charge in [-0.3, -0.25) is 10.1 Å². The van der Waals surface area contributed by atoms with Crippen molar-refractivity contribution in [1.82, 2.24) is 10.2 Å². The predicted octanol–water partition coefficient (Wildman–Crippen LogP) is 3.09. The van der Waals surface area contributed by atoms with E-state index in [0.717, 1.165) is 12.8 Å².